The summed E-state index contributed by atoms with van der Waals surface area (Å²) in [5.74, 6) is -0.268. The van der Waals surface area contributed by atoms with Crippen molar-refractivity contribution in [3.05, 3.63) is 35.6 Å². The molecule has 128 valence electrons. The van der Waals surface area contributed by atoms with Gasteiger partial charge in [-0.1, -0.05) is 25.5 Å². The van der Waals surface area contributed by atoms with Gasteiger partial charge in [-0.2, -0.15) is 0 Å². The molecule has 0 unspecified atom stereocenters. The molecule has 0 aliphatic heterocycles. The highest BCUT2D eigenvalue weighted by Gasteiger charge is 2.40. The molecule has 1 amide bonds. The van der Waals surface area contributed by atoms with Gasteiger partial charge >= 0.3 is 0 Å². The van der Waals surface area contributed by atoms with E-state index in [0.717, 1.165) is 24.8 Å². The maximum Gasteiger partial charge on any atom is 0.220 e. The number of amides is 1. The van der Waals surface area contributed by atoms with E-state index in [9.17, 15) is 17.6 Å². The van der Waals surface area contributed by atoms with Crippen LogP contribution in [0.15, 0.2) is 24.3 Å². The molecule has 0 aromatic heterocycles. The molecule has 1 fully saturated rings. The van der Waals surface area contributed by atoms with Gasteiger partial charge in [0.15, 0.2) is 0 Å². The Hall–Kier alpha value is -1.43. The highest BCUT2D eigenvalue weighted by molar-refractivity contribution is 7.90. The van der Waals surface area contributed by atoms with Gasteiger partial charge in [0, 0.05) is 24.6 Å². The van der Waals surface area contributed by atoms with Crippen LogP contribution < -0.4 is 5.32 Å². The SMILES string of the molecule is C[C@@H](CC(=O)NCC1(CS(C)(=O)=O)CCC1)c1ccc(F)cc1. The summed E-state index contributed by atoms with van der Waals surface area (Å²) in [5.41, 5.74) is 0.624. The molecule has 1 aliphatic rings. The summed E-state index contributed by atoms with van der Waals surface area (Å²) >= 11 is 0. The van der Waals surface area contributed by atoms with E-state index in [4.69, 9.17) is 0 Å². The molecule has 1 aromatic carbocycles. The fraction of sp³-hybridized carbons (Fsp3) is 0.588. The van der Waals surface area contributed by atoms with Gasteiger partial charge in [-0.15, -0.1) is 0 Å². The van der Waals surface area contributed by atoms with Crippen LogP contribution in [0.25, 0.3) is 0 Å². The van der Waals surface area contributed by atoms with Crippen LogP contribution >= 0.6 is 0 Å². The molecule has 2 rings (SSSR count). The summed E-state index contributed by atoms with van der Waals surface area (Å²) in [5, 5.41) is 2.88. The molecular formula is C17H24FNO3S. The van der Waals surface area contributed by atoms with Crippen molar-refractivity contribution < 1.29 is 17.6 Å². The molecule has 0 saturated heterocycles. The molecule has 0 bridgehead atoms. The Kier molecular flexibility index (Phi) is 5.45. The van der Waals surface area contributed by atoms with E-state index in [-0.39, 0.29) is 28.8 Å². The highest BCUT2D eigenvalue weighted by Crippen LogP contribution is 2.41. The van der Waals surface area contributed by atoms with Crippen molar-refractivity contribution in [3.63, 3.8) is 0 Å². The molecule has 1 atom stereocenters. The van der Waals surface area contributed by atoms with Crippen molar-refractivity contribution in [1.29, 1.82) is 0 Å². The van der Waals surface area contributed by atoms with Crippen molar-refractivity contribution in [2.24, 2.45) is 5.41 Å². The smallest absolute Gasteiger partial charge is 0.220 e. The Labute approximate surface area is 137 Å². The number of hydrogen-bond acceptors (Lipinski definition) is 3. The van der Waals surface area contributed by atoms with Crippen LogP contribution in [0.4, 0.5) is 4.39 Å². The van der Waals surface area contributed by atoms with Crippen LogP contribution in [0.1, 0.15) is 44.1 Å². The van der Waals surface area contributed by atoms with Crippen molar-refractivity contribution in [2.75, 3.05) is 18.6 Å². The fourth-order valence-corrected chi connectivity index (χ4v) is 4.65. The van der Waals surface area contributed by atoms with Crippen LogP contribution in [0.3, 0.4) is 0 Å². The average Bonchev–Trinajstić information content (AvgIpc) is 2.41. The lowest BCUT2D eigenvalue weighted by Crippen LogP contribution is -2.46. The molecule has 0 radical (unpaired) electrons. The van der Waals surface area contributed by atoms with E-state index in [2.05, 4.69) is 5.32 Å². The van der Waals surface area contributed by atoms with Crippen LogP contribution in [0.2, 0.25) is 0 Å². The normalized spacial score (nSPS) is 18.0. The van der Waals surface area contributed by atoms with Crippen LogP contribution in [-0.2, 0) is 14.6 Å². The van der Waals surface area contributed by atoms with E-state index in [1.165, 1.54) is 18.4 Å². The lowest BCUT2D eigenvalue weighted by atomic mass is 9.70. The quantitative estimate of drug-likeness (QED) is 0.829. The van der Waals surface area contributed by atoms with Crippen molar-refractivity contribution in [2.45, 2.75) is 38.5 Å². The van der Waals surface area contributed by atoms with E-state index in [0.29, 0.717) is 13.0 Å². The maximum absolute atomic E-state index is 12.9. The Morgan fingerprint density at radius 1 is 1.30 bits per heavy atom. The number of carbonyl (C=O) groups excluding carboxylic acids is 1. The van der Waals surface area contributed by atoms with Gasteiger partial charge in [0.1, 0.15) is 15.7 Å². The van der Waals surface area contributed by atoms with Gasteiger partial charge in [0.05, 0.1) is 5.75 Å². The van der Waals surface area contributed by atoms with Gasteiger partial charge in [0.2, 0.25) is 5.91 Å². The lowest BCUT2D eigenvalue weighted by molar-refractivity contribution is -0.122. The molecule has 1 aliphatic carbocycles. The highest BCUT2D eigenvalue weighted by atomic mass is 32.2. The van der Waals surface area contributed by atoms with Gasteiger partial charge in [-0.3, -0.25) is 4.79 Å². The third-order valence-electron chi connectivity index (χ3n) is 4.57. The monoisotopic (exact) mass is 341 g/mol. The Morgan fingerprint density at radius 3 is 2.39 bits per heavy atom. The molecule has 0 spiro atoms. The third-order valence-corrected chi connectivity index (χ3v) is 5.71. The first-order chi connectivity index (χ1) is 10.7. The largest absolute Gasteiger partial charge is 0.355 e. The first-order valence-corrected chi connectivity index (χ1v) is 9.95. The first-order valence-electron chi connectivity index (χ1n) is 7.89. The fourth-order valence-electron chi connectivity index (χ4n) is 3.15. The van der Waals surface area contributed by atoms with Gasteiger partial charge in [-0.05, 0) is 36.5 Å². The van der Waals surface area contributed by atoms with E-state index >= 15 is 0 Å². The lowest BCUT2D eigenvalue weighted by Gasteiger charge is -2.41. The van der Waals surface area contributed by atoms with E-state index in [1.807, 2.05) is 6.92 Å². The molecule has 0 heterocycles. The van der Waals surface area contributed by atoms with Crippen molar-refractivity contribution >= 4 is 15.7 Å². The topological polar surface area (TPSA) is 63.2 Å². The summed E-state index contributed by atoms with van der Waals surface area (Å²) in [6, 6.07) is 6.15. The number of halogens is 1. The maximum atomic E-state index is 12.9. The van der Waals surface area contributed by atoms with E-state index in [1.54, 1.807) is 12.1 Å². The second kappa shape index (κ2) is 6.99. The molecule has 1 N–H and O–H groups in total. The minimum absolute atomic E-state index is 0.0113. The Balaban J connectivity index is 1.86. The molecule has 1 aromatic rings. The number of carbonyl (C=O) groups is 1. The Bertz CT molecular complexity index is 651. The second-order valence-electron chi connectivity index (χ2n) is 6.86. The minimum Gasteiger partial charge on any atom is -0.355 e. The van der Waals surface area contributed by atoms with E-state index < -0.39 is 9.84 Å². The number of rotatable bonds is 7. The number of nitrogens with one attached hydrogen (secondary N) is 1. The van der Waals surface area contributed by atoms with Gasteiger partial charge in [-0.25, -0.2) is 12.8 Å². The van der Waals surface area contributed by atoms with Crippen LogP contribution in [0.5, 0.6) is 0 Å². The standard InChI is InChI=1S/C17H24FNO3S/c1-13(14-4-6-15(18)7-5-14)10-16(20)19-11-17(8-3-9-17)12-23(2,21)22/h4-7,13H,3,8-12H2,1-2H3,(H,19,20)/t13-/m0/s1. The molecule has 6 heteroatoms. The average molecular weight is 341 g/mol. The second-order valence-corrected chi connectivity index (χ2v) is 9.00. The summed E-state index contributed by atoms with van der Waals surface area (Å²) < 4.78 is 36.0. The number of hydrogen-bond donors (Lipinski definition) is 1. The zero-order chi connectivity index (χ0) is 17.1. The Morgan fingerprint density at radius 2 is 1.91 bits per heavy atom. The van der Waals surface area contributed by atoms with Crippen LogP contribution in [-0.4, -0.2) is 32.9 Å². The van der Waals surface area contributed by atoms with Crippen molar-refractivity contribution in [3.8, 4) is 0 Å². The molecule has 1 saturated carbocycles. The zero-order valence-electron chi connectivity index (χ0n) is 13.6. The molecule has 23 heavy (non-hydrogen) atoms. The minimum atomic E-state index is -3.05. The molecular weight excluding hydrogens is 317 g/mol. The molecule has 4 nitrogen and oxygen atoms in total. The van der Waals surface area contributed by atoms with Gasteiger partial charge in [0.25, 0.3) is 0 Å². The van der Waals surface area contributed by atoms with Crippen LogP contribution in [0, 0.1) is 11.2 Å². The summed E-state index contributed by atoms with van der Waals surface area (Å²) in [6.45, 7) is 2.33. The summed E-state index contributed by atoms with van der Waals surface area (Å²) in [4.78, 5) is 12.1. The predicted octanol–water partition coefficient (Wildman–Crippen LogP) is 2.65. The first kappa shape index (κ1) is 17.9. The number of sulfone groups is 1. The number of benzene rings is 1. The van der Waals surface area contributed by atoms with Gasteiger partial charge < -0.3 is 5.32 Å². The zero-order valence-corrected chi connectivity index (χ0v) is 14.5. The predicted molar refractivity (Wildman–Crippen MR) is 88.4 cm³/mol. The summed E-state index contributed by atoms with van der Waals surface area (Å²) in [6.07, 6.45) is 4.24. The van der Waals surface area contributed by atoms with Crippen molar-refractivity contribution in [1.82, 2.24) is 5.32 Å². The summed E-state index contributed by atoms with van der Waals surface area (Å²) in [7, 11) is -3.05. The third kappa shape index (κ3) is 5.30.